The van der Waals surface area contributed by atoms with E-state index in [2.05, 4.69) is 20.4 Å². The summed E-state index contributed by atoms with van der Waals surface area (Å²) in [6.07, 6.45) is 7.14. The SMILES string of the molecule is O=CC1C(c2cccnc2)=CNN1c1cc(=O)[nH]cn1. The van der Waals surface area contributed by atoms with Gasteiger partial charge in [-0.05, 0) is 6.07 Å². The average molecular weight is 269 g/mol. The Morgan fingerprint density at radius 1 is 1.40 bits per heavy atom. The topological polar surface area (TPSA) is 91.0 Å². The van der Waals surface area contributed by atoms with E-state index >= 15 is 0 Å². The molecule has 100 valence electrons. The van der Waals surface area contributed by atoms with Gasteiger partial charge in [-0.25, -0.2) is 4.98 Å². The molecular weight excluding hydrogens is 258 g/mol. The molecule has 0 aliphatic carbocycles. The summed E-state index contributed by atoms with van der Waals surface area (Å²) in [7, 11) is 0. The second kappa shape index (κ2) is 4.96. The zero-order valence-electron chi connectivity index (χ0n) is 10.4. The number of hydrazine groups is 1. The minimum Gasteiger partial charge on any atom is -0.313 e. The fraction of sp³-hybridized carbons (Fsp3) is 0.0769. The summed E-state index contributed by atoms with van der Waals surface area (Å²) in [6.45, 7) is 0. The molecule has 2 N–H and O–H groups in total. The van der Waals surface area contributed by atoms with E-state index in [4.69, 9.17) is 0 Å². The third kappa shape index (κ3) is 2.05. The number of aromatic nitrogens is 3. The molecule has 0 saturated carbocycles. The van der Waals surface area contributed by atoms with Gasteiger partial charge in [0.05, 0.1) is 6.33 Å². The van der Waals surface area contributed by atoms with Gasteiger partial charge in [0, 0.05) is 35.8 Å². The number of aromatic amines is 1. The van der Waals surface area contributed by atoms with Gasteiger partial charge in [-0.1, -0.05) is 6.07 Å². The van der Waals surface area contributed by atoms with E-state index in [9.17, 15) is 9.59 Å². The Hall–Kier alpha value is -2.96. The van der Waals surface area contributed by atoms with Gasteiger partial charge in [0.15, 0.2) is 5.82 Å². The molecule has 2 aromatic rings. The standard InChI is InChI=1S/C13H11N5O2/c19-7-11-10(9-2-1-3-14-5-9)6-17-18(11)12-4-13(20)16-8-15-12/h1-8,11,17H,(H,15,16,20). The fourth-order valence-corrected chi connectivity index (χ4v) is 2.06. The minimum atomic E-state index is -0.562. The van der Waals surface area contributed by atoms with Crippen molar-refractivity contribution in [1.29, 1.82) is 0 Å². The molecule has 1 aliphatic heterocycles. The molecule has 1 atom stereocenters. The van der Waals surface area contributed by atoms with E-state index in [1.807, 2.05) is 6.07 Å². The molecule has 3 rings (SSSR count). The monoisotopic (exact) mass is 269 g/mol. The van der Waals surface area contributed by atoms with Crippen LogP contribution in [-0.4, -0.2) is 27.3 Å². The molecule has 7 heteroatoms. The Labute approximate surface area is 114 Å². The van der Waals surface area contributed by atoms with Crippen LogP contribution >= 0.6 is 0 Å². The lowest BCUT2D eigenvalue weighted by Gasteiger charge is -2.22. The van der Waals surface area contributed by atoms with Gasteiger partial charge in [-0.2, -0.15) is 0 Å². The fourth-order valence-electron chi connectivity index (χ4n) is 2.06. The Balaban J connectivity index is 1.95. The van der Waals surface area contributed by atoms with Crippen LogP contribution in [0.5, 0.6) is 0 Å². The summed E-state index contributed by atoms with van der Waals surface area (Å²) in [6, 6.07) is 4.43. The van der Waals surface area contributed by atoms with Gasteiger partial charge in [0.25, 0.3) is 5.56 Å². The Kier molecular flexibility index (Phi) is 3.00. The van der Waals surface area contributed by atoms with Crippen LogP contribution < -0.4 is 16.0 Å². The molecule has 2 aromatic heterocycles. The third-order valence-corrected chi connectivity index (χ3v) is 2.99. The van der Waals surface area contributed by atoms with E-state index < -0.39 is 6.04 Å². The summed E-state index contributed by atoms with van der Waals surface area (Å²) in [5.74, 6) is 0.376. The van der Waals surface area contributed by atoms with Gasteiger partial charge in [0.1, 0.15) is 12.3 Å². The van der Waals surface area contributed by atoms with Crippen molar-refractivity contribution in [2.75, 3.05) is 5.01 Å². The van der Waals surface area contributed by atoms with Crippen LogP contribution in [0, 0.1) is 0 Å². The maximum Gasteiger partial charge on any atom is 0.252 e. The lowest BCUT2D eigenvalue weighted by Crippen LogP contribution is -2.40. The van der Waals surface area contributed by atoms with Gasteiger partial charge in [-0.15, -0.1) is 0 Å². The number of carbonyl (C=O) groups excluding carboxylic acids is 1. The first-order chi connectivity index (χ1) is 9.79. The normalized spacial score (nSPS) is 17.5. The molecule has 3 heterocycles. The van der Waals surface area contributed by atoms with Crippen LogP contribution in [0.15, 0.2) is 47.9 Å². The molecule has 0 amide bonds. The molecule has 0 saturated heterocycles. The summed E-state index contributed by atoms with van der Waals surface area (Å²) >= 11 is 0. The highest BCUT2D eigenvalue weighted by molar-refractivity contribution is 5.89. The molecule has 0 radical (unpaired) electrons. The van der Waals surface area contributed by atoms with Crippen LogP contribution in [0.4, 0.5) is 5.82 Å². The van der Waals surface area contributed by atoms with Crippen molar-refractivity contribution < 1.29 is 4.79 Å². The number of carbonyl (C=O) groups is 1. The number of nitrogens with zero attached hydrogens (tertiary/aromatic N) is 3. The molecule has 7 nitrogen and oxygen atoms in total. The maximum atomic E-state index is 11.4. The van der Waals surface area contributed by atoms with Crippen LogP contribution in [0.1, 0.15) is 5.56 Å². The Morgan fingerprint density at radius 2 is 2.30 bits per heavy atom. The molecule has 1 aliphatic rings. The highest BCUT2D eigenvalue weighted by Gasteiger charge is 2.29. The second-order valence-corrected chi connectivity index (χ2v) is 4.19. The summed E-state index contributed by atoms with van der Waals surface area (Å²) < 4.78 is 0. The Morgan fingerprint density at radius 3 is 3.00 bits per heavy atom. The van der Waals surface area contributed by atoms with E-state index in [1.165, 1.54) is 17.4 Å². The molecule has 1 unspecified atom stereocenters. The first-order valence-electron chi connectivity index (χ1n) is 5.95. The minimum absolute atomic E-state index is 0.281. The summed E-state index contributed by atoms with van der Waals surface area (Å²) in [5, 5.41) is 1.53. The molecule has 0 aromatic carbocycles. The number of hydrogen-bond donors (Lipinski definition) is 2. The summed E-state index contributed by atoms with van der Waals surface area (Å²) in [5.41, 5.74) is 4.28. The maximum absolute atomic E-state index is 11.4. The average Bonchev–Trinajstić information content (AvgIpc) is 2.92. The molecule has 20 heavy (non-hydrogen) atoms. The largest absolute Gasteiger partial charge is 0.313 e. The van der Waals surface area contributed by atoms with Crippen LogP contribution in [-0.2, 0) is 4.79 Å². The number of pyridine rings is 1. The highest BCUT2D eigenvalue weighted by Crippen LogP contribution is 2.26. The second-order valence-electron chi connectivity index (χ2n) is 4.19. The number of hydrogen-bond acceptors (Lipinski definition) is 6. The number of nitrogens with one attached hydrogen (secondary N) is 2. The zero-order valence-corrected chi connectivity index (χ0v) is 10.4. The van der Waals surface area contributed by atoms with Crippen molar-refractivity contribution in [3.8, 4) is 0 Å². The van der Waals surface area contributed by atoms with Gasteiger partial charge in [0.2, 0.25) is 0 Å². The lowest BCUT2D eigenvalue weighted by atomic mass is 10.0. The predicted molar refractivity (Wildman–Crippen MR) is 72.5 cm³/mol. The van der Waals surface area contributed by atoms with E-state index in [1.54, 1.807) is 24.7 Å². The van der Waals surface area contributed by atoms with Crippen molar-refractivity contribution in [3.63, 3.8) is 0 Å². The van der Waals surface area contributed by atoms with Crippen molar-refractivity contribution in [3.05, 3.63) is 59.0 Å². The van der Waals surface area contributed by atoms with Crippen LogP contribution in [0.2, 0.25) is 0 Å². The lowest BCUT2D eigenvalue weighted by molar-refractivity contribution is -0.107. The smallest absolute Gasteiger partial charge is 0.252 e. The molecule has 0 spiro atoms. The zero-order chi connectivity index (χ0) is 13.9. The van der Waals surface area contributed by atoms with Crippen molar-refractivity contribution >= 4 is 17.7 Å². The molecular formula is C13H11N5O2. The number of rotatable bonds is 3. The van der Waals surface area contributed by atoms with E-state index in [0.717, 1.165) is 17.4 Å². The quantitative estimate of drug-likeness (QED) is 0.768. The van der Waals surface area contributed by atoms with E-state index in [0.29, 0.717) is 5.82 Å². The molecule has 0 bridgehead atoms. The van der Waals surface area contributed by atoms with Crippen LogP contribution in [0.3, 0.4) is 0 Å². The summed E-state index contributed by atoms with van der Waals surface area (Å²) in [4.78, 5) is 33.2. The van der Waals surface area contributed by atoms with Gasteiger partial charge in [-0.3, -0.25) is 14.8 Å². The number of aldehydes is 1. The van der Waals surface area contributed by atoms with Crippen LogP contribution in [0.25, 0.3) is 5.57 Å². The van der Waals surface area contributed by atoms with Crippen molar-refractivity contribution in [1.82, 2.24) is 20.4 Å². The predicted octanol–water partition coefficient (Wildman–Crippen LogP) is 0.0981. The molecule has 0 fully saturated rings. The van der Waals surface area contributed by atoms with Crippen molar-refractivity contribution in [2.24, 2.45) is 0 Å². The highest BCUT2D eigenvalue weighted by atomic mass is 16.1. The first-order valence-corrected chi connectivity index (χ1v) is 5.95. The number of anilines is 1. The van der Waals surface area contributed by atoms with Gasteiger partial charge >= 0.3 is 0 Å². The van der Waals surface area contributed by atoms with Gasteiger partial charge < -0.3 is 15.2 Å². The van der Waals surface area contributed by atoms with E-state index in [-0.39, 0.29) is 5.56 Å². The Bertz CT molecular complexity index is 710. The third-order valence-electron chi connectivity index (χ3n) is 2.99. The van der Waals surface area contributed by atoms with Crippen molar-refractivity contribution in [2.45, 2.75) is 6.04 Å². The first kappa shape index (κ1) is 12.1. The number of H-pyrrole nitrogens is 1.